The molecule has 0 spiro atoms. The molecule has 0 saturated heterocycles. The highest BCUT2D eigenvalue weighted by Crippen LogP contribution is 2.40. The van der Waals surface area contributed by atoms with Crippen molar-refractivity contribution in [2.45, 2.75) is 99.3 Å². The van der Waals surface area contributed by atoms with E-state index in [1.165, 1.54) is 93.6 Å². The largest absolute Gasteiger partial charge is 0.303 e. The summed E-state index contributed by atoms with van der Waals surface area (Å²) in [6.07, 6.45) is -6.98. The normalized spacial score (nSPS) is 15.9. The Labute approximate surface area is 271 Å². The summed E-state index contributed by atoms with van der Waals surface area (Å²) in [6.45, 7) is 9.40. The van der Waals surface area contributed by atoms with Crippen molar-refractivity contribution in [1.82, 2.24) is 0 Å². The number of hydrogen-bond acceptors (Lipinski definition) is 11. The maximum absolute atomic E-state index is 13.5. The van der Waals surface area contributed by atoms with E-state index >= 15 is 0 Å². The Balaban J connectivity index is 2.27. The summed E-state index contributed by atoms with van der Waals surface area (Å²) in [7, 11) is -14.1. The molecule has 3 aromatic rings. The smallest absolute Gasteiger partial charge is 0.264 e. The molecule has 3 rings (SSSR count). The van der Waals surface area contributed by atoms with Gasteiger partial charge in [0.25, 0.3) is 30.4 Å². The average Bonchev–Trinajstić information content (AvgIpc) is 2.99. The number of hydrogen-bond donors (Lipinski definition) is 0. The van der Waals surface area contributed by atoms with Gasteiger partial charge in [-0.1, -0.05) is 73.9 Å². The second-order valence-corrected chi connectivity index (χ2v) is 15.6. The molecular weight excluding hydrogens is 659 g/mol. The molecule has 46 heavy (non-hydrogen) atoms. The number of nitrogens with zero attached hydrogens (tertiary/aromatic N) is 1. The zero-order chi connectivity index (χ0) is 34.5. The quantitative estimate of drug-likeness (QED) is 0.105. The highest BCUT2D eigenvalue weighted by atomic mass is 32.2. The summed E-state index contributed by atoms with van der Waals surface area (Å²) >= 11 is 0. The predicted octanol–water partition coefficient (Wildman–Crippen LogP) is 5.48. The van der Waals surface area contributed by atoms with Gasteiger partial charge in [0.1, 0.15) is 0 Å². The maximum Gasteiger partial charge on any atom is 0.303 e. The maximum atomic E-state index is 13.5. The Morgan fingerprint density at radius 3 is 0.935 bits per heavy atom. The van der Waals surface area contributed by atoms with Gasteiger partial charge in [-0.3, -0.25) is 22.7 Å². The van der Waals surface area contributed by atoms with Gasteiger partial charge in [0.2, 0.25) is 0 Å². The van der Waals surface area contributed by atoms with Crippen LogP contribution in [0.5, 0.6) is 0 Å². The van der Waals surface area contributed by atoms with Crippen LogP contribution in [0.15, 0.2) is 87.5 Å². The average molecular weight is 698 g/mol. The van der Waals surface area contributed by atoms with Crippen LogP contribution >= 0.6 is 0 Å². The number of nitro groups is 1. The van der Waals surface area contributed by atoms with E-state index in [1.54, 1.807) is 20.8 Å². The first kappa shape index (κ1) is 37.2. The van der Waals surface area contributed by atoms with Crippen molar-refractivity contribution in [3.8, 4) is 0 Å². The van der Waals surface area contributed by atoms with Crippen LogP contribution in [0.25, 0.3) is 0 Å². The van der Waals surface area contributed by atoms with E-state index in [-0.39, 0.29) is 33.9 Å². The first-order chi connectivity index (χ1) is 21.4. The molecule has 0 aromatic heterocycles. The SMILES string of the molecule is CCC(OS(=O)(=O)c1ccc(C)cc1)C(C(CC)OS(=O)(=O)c1ccc(C)cc1)(C(CC)OS(=O)(=O)c1ccc(C)cc1)[N+](=O)[O-]. The summed E-state index contributed by atoms with van der Waals surface area (Å²) in [5, 5.41) is 13.4. The second-order valence-electron chi connectivity index (χ2n) is 10.9. The lowest BCUT2D eigenvalue weighted by atomic mass is 9.78. The number of benzene rings is 3. The third-order valence-electron chi connectivity index (χ3n) is 7.63. The fourth-order valence-electron chi connectivity index (χ4n) is 5.13. The fraction of sp³-hybridized carbons (Fsp3) is 0.419. The zero-order valence-electron chi connectivity index (χ0n) is 26.4. The van der Waals surface area contributed by atoms with Crippen LogP contribution in [-0.4, -0.2) is 54.0 Å². The highest BCUT2D eigenvalue weighted by molar-refractivity contribution is 7.87. The molecule has 0 radical (unpaired) electrons. The zero-order valence-corrected chi connectivity index (χ0v) is 28.9. The van der Waals surface area contributed by atoms with Gasteiger partial charge < -0.3 is 0 Å². The lowest BCUT2D eigenvalue weighted by molar-refractivity contribution is -0.604. The number of aryl methyl sites for hydroxylation is 3. The second kappa shape index (κ2) is 14.7. The van der Waals surface area contributed by atoms with Crippen LogP contribution in [0.2, 0.25) is 0 Å². The van der Waals surface area contributed by atoms with Crippen LogP contribution in [0.4, 0.5) is 0 Å². The van der Waals surface area contributed by atoms with Gasteiger partial charge in [-0.15, -0.1) is 0 Å². The van der Waals surface area contributed by atoms with Crippen molar-refractivity contribution in [3.05, 3.63) is 99.6 Å². The molecule has 15 heteroatoms. The number of rotatable bonds is 16. The minimum atomic E-state index is -4.70. The first-order valence-electron chi connectivity index (χ1n) is 14.6. The molecule has 0 amide bonds. The summed E-state index contributed by atoms with van der Waals surface area (Å²) in [5.41, 5.74) is -0.655. The van der Waals surface area contributed by atoms with Crippen molar-refractivity contribution >= 4 is 30.4 Å². The van der Waals surface area contributed by atoms with Crippen molar-refractivity contribution in [1.29, 1.82) is 0 Å². The minimum absolute atomic E-state index is 0.309. The Morgan fingerprint density at radius 1 is 0.543 bits per heavy atom. The molecule has 12 nitrogen and oxygen atoms in total. The molecule has 0 saturated carbocycles. The molecule has 0 bridgehead atoms. The van der Waals surface area contributed by atoms with Crippen molar-refractivity contribution in [2.75, 3.05) is 0 Å². The molecule has 3 unspecified atom stereocenters. The Bertz CT molecular complexity index is 1620. The van der Waals surface area contributed by atoms with E-state index < -0.39 is 59.1 Å². The van der Waals surface area contributed by atoms with Crippen LogP contribution in [0, 0.1) is 30.9 Å². The van der Waals surface area contributed by atoms with Crippen molar-refractivity contribution in [2.24, 2.45) is 0 Å². The summed E-state index contributed by atoms with van der Waals surface area (Å²) in [5.74, 6) is 0. The summed E-state index contributed by atoms with van der Waals surface area (Å²) in [6, 6.07) is 16.6. The lowest BCUT2D eigenvalue weighted by Crippen LogP contribution is -2.67. The molecule has 0 N–H and O–H groups in total. The third-order valence-corrected chi connectivity index (χ3v) is 11.6. The molecule has 0 aliphatic carbocycles. The Hall–Kier alpha value is -3.21. The van der Waals surface area contributed by atoms with Gasteiger partial charge in [0.15, 0.2) is 18.3 Å². The summed E-state index contributed by atoms with van der Waals surface area (Å²) in [4.78, 5) is 11.5. The molecule has 252 valence electrons. The fourth-order valence-corrected chi connectivity index (χ4v) is 8.66. The van der Waals surface area contributed by atoms with Gasteiger partial charge in [0, 0.05) is 4.92 Å². The van der Waals surface area contributed by atoms with Gasteiger partial charge in [-0.2, -0.15) is 25.3 Å². The van der Waals surface area contributed by atoms with Gasteiger partial charge >= 0.3 is 5.54 Å². The molecule has 3 atom stereocenters. The van der Waals surface area contributed by atoms with E-state index in [2.05, 4.69) is 0 Å². The monoisotopic (exact) mass is 697 g/mol. The van der Waals surface area contributed by atoms with Gasteiger partial charge in [0.05, 0.1) is 14.7 Å². The van der Waals surface area contributed by atoms with E-state index in [0.717, 1.165) is 16.7 Å². The van der Waals surface area contributed by atoms with Gasteiger partial charge in [-0.05, 0) is 76.4 Å². The van der Waals surface area contributed by atoms with Crippen LogP contribution in [-0.2, 0) is 42.9 Å². The van der Waals surface area contributed by atoms with E-state index in [1.807, 2.05) is 0 Å². The van der Waals surface area contributed by atoms with Crippen LogP contribution in [0.1, 0.15) is 56.7 Å². The standard InChI is InChI=1S/C31H39NO11S3/c1-7-28(41-44(35,36)25-16-10-22(4)11-17-25)31(32(33)34,29(8-2)42-45(37,38)26-18-12-23(5)13-19-26)30(9-3)43-46(39,40)27-20-14-24(6)15-21-27/h10-21,28-30H,7-9H2,1-6H3. The van der Waals surface area contributed by atoms with Crippen LogP contribution < -0.4 is 0 Å². The highest BCUT2D eigenvalue weighted by Gasteiger charge is 2.66. The molecule has 0 aliphatic heterocycles. The Morgan fingerprint density at radius 2 is 0.761 bits per heavy atom. The topological polar surface area (TPSA) is 173 Å². The molecule has 0 fully saturated rings. The molecular formula is C31H39NO11S3. The first-order valence-corrected chi connectivity index (χ1v) is 18.8. The van der Waals surface area contributed by atoms with E-state index in [9.17, 15) is 35.4 Å². The van der Waals surface area contributed by atoms with Crippen molar-refractivity contribution < 1.29 is 42.7 Å². The summed E-state index contributed by atoms with van der Waals surface area (Å²) < 4.78 is 97.8. The molecule has 0 aliphatic rings. The molecule has 0 heterocycles. The van der Waals surface area contributed by atoms with Crippen molar-refractivity contribution in [3.63, 3.8) is 0 Å². The van der Waals surface area contributed by atoms with Gasteiger partial charge in [-0.25, -0.2) is 0 Å². The molecule has 3 aromatic carbocycles. The lowest BCUT2D eigenvalue weighted by Gasteiger charge is -2.40. The predicted molar refractivity (Wildman–Crippen MR) is 170 cm³/mol. The third kappa shape index (κ3) is 8.01. The van der Waals surface area contributed by atoms with Crippen LogP contribution in [0.3, 0.4) is 0 Å². The van der Waals surface area contributed by atoms with E-state index in [4.69, 9.17) is 12.5 Å². The Kier molecular flexibility index (Phi) is 11.9. The minimum Gasteiger partial charge on any atom is -0.264 e. The van der Waals surface area contributed by atoms with E-state index in [0.29, 0.717) is 0 Å².